The molecule has 0 heterocycles. The lowest BCUT2D eigenvalue weighted by Gasteiger charge is -2.17. The van der Waals surface area contributed by atoms with Crippen molar-refractivity contribution in [2.24, 2.45) is 11.7 Å². The zero-order valence-corrected chi connectivity index (χ0v) is 15.7. The van der Waals surface area contributed by atoms with Crippen LogP contribution in [0, 0.1) is 5.92 Å². The topological polar surface area (TPSA) is 52.3 Å². The average Bonchev–Trinajstić information content (AvgIpc) is 3.09. The Hall–Kier alpha value is -2.36. The highest BCUT2D eigenvalue weighted by Gasteiger charge is 2.20. The monoisotopic (exact) mass is 367 g/mol. The molecule has 0 saturated heterocycles. The summed E-state index contributed by atoms with van der Waals surface area (Å²) >= 11 is 0. The largest absolute Gasteiger partial charge is 0.426 e. The number of esters is 1. The zero-order chi connectivity index (χ0) is 17.6. The quantitative estimate of drug-likeness (QED) is 0.849. The molecular weight excluding hydrogens is 346 g/mol. The number of ether oxygens (including phenoxy) is 1. The van der Waals surface area contributed by atoms with E-state index in [0.717, 1.165) is 11.6 Å². The van der Waals surface area contributed by atoms with Crippen molar-refractivity contribution in [3.8, 4) is 0 Å². The first-order valence-electron chi connectivity index (χ1n) is 8.67. The van der Waals surface area contributed by atoms with Gasteiger partial charge >= 0.3 is 5.97 Å². The van der Waals surface area contributed by atoms with Crippen LogP contribution in [0.15, 0.2) is 42.2 Å². The molecule has 0 saturated carbocycles. The number of halogens is 1. The Morgan fingerprint density at radius 3 is 2.62 bits per heavy atom. The molecule has 1 atom stereocenters. The van der Waals surface area contributed by atoms with Crippen LogP contribution >= 0.6 is 12.4 Å². The van der Waals surface area contributed by atoms with Gasteiger partial charge in [-0.15, -0.1) is 12.4 Å². The van der Waals surface area contributed by atoms with Crippen molar-refractivity contribution in [1.82, 2.24) is 0 Å². The van der Waals surface area contributed by atoms with E-state index in [2.05, 4.69) is 42.5 Å². The molecule has 2 aromatic carbocycles. The highest BCUT2D eigenvalue weighted by atomic mass is 35.5. The number of carbonyl (C=O) groups is 1. The molecule has 0 spiro atoms. The fourth-order valence-electron chi connectivity index (χ4n) is 3.41. The van der Waals surface area contributed by atoms with Gasteiger partial charge in [-0.25, -0.2) is 4.79 Å². The maximum Gasteiger partial charge on any atom is 0.328 e. The first-order valence-corrected chi connectivity index (χ1v) is 8.67. The van der Waals surface area contributed by atoms with E-state index in [9.17, 15) is 4.79 Å². The van der Waals surface area contributed by atoms with Crippen molar-refractivity contribution in [3.05, 3.63) is 63.7 Å². The second-order valence-corrected chi connectivity index (χ2v) is 6.97. The number of carbonyl (C=O) groups excluding carboxylic acids is 1. The van der Waals surface area contributed by atoms with Gasteiger partial charge < -0.3 is 10.5 Å². The van der Waals surface area contributed by atoms with Crippen LogP contribution in [0.2, 0.25) is 0 Å². The Morgan fingerprint density at radius 1 is 1.12 bits per heavy atom. The third kappa shape index (κ3) is 3.09. The molecule has 3 nitrogen and oxygen atoms in total. The summed E-state index contributed by atoms with van der Waals surface area (Å²) in [4.78, 5) is 12.1. The third-order valence-electron chi connectivity index (χ3n) is 4.98. The average molecular weight is 368 g/mol. The molecule has 0 amide bonds. The second kappa shape index (κ2) is 7.10. The molecule has 26 heavy (non-hydrogen) atoms. The first-order chi connectivity index (χ1) is 12.0. The molecule has 0 aromatic heterocycles. The number of fused-ring (bicyclic) bond motifs is 5. The normalized spacial score (nSPS) is 15.3. The van der Waals surface area contributed by atoms with Crippen LogP contribution in [-0.2, 0) is 16.0 Å². The van der Waals surface area contributed by atoms with E-state index in [1.54, 1.807) is 0 Å². The van der Waals surface area contributed by atoms with Crippen LogP contribution < -0.4 is 16.2 Å². The molecule has 0 fully saturated rings. The predicted octanol–water partition coefficient (Wildman–Crippen LogP) is 2.82. The van der Waals surface area contributed by atoms with Crippen molar-refractivity contribution in [1.29, 1.82) is 0 Å². The molecule has 0 bridgehead atoms. The molecule has 134 valence electrons. The van der Waals surface area contributed by atoms with Crippen molar-refractivity contribution in [2.45, 2.75) is 26.3 Å². The second-order valence-electron chi connectivity index (χ2n) is 6.97. The summed E-state index contributed by atoms with van der Waals surface area (Å²) < 4.78 is 5.48. The molecule has 2 aromatic rings. The van der Waals surface area contributed by atoms with Gasteiger partial charge in [0.1, 0.15) is 11.8 Å². The van der Waals surface area contributed by atoms with Gasteiger partial charge in [0.15, 0.2) is 0 Å². The van der Waals surface area contributed by atoms with Gasteiger partial charge in [-0.1, -0.05) is 56.3 Å². The van der Waals surface area contributed by atoms with Crippen LogP contribution in [0.25, 0.3) is 29.0 Å². The Balaban J connectivity index is 0.00000196. The number of hydrogen-bond acceptors (Lipinski definition) is 3. The minimum atomic E-state index is -0.599. The minimum absolute atomic E-state index is 0. The molecule has 2 aliphatic carbocycles. The van der Waals surface area contributed by atoms with E-state index in [1.807, 2.05) is 26.0 Å². The third-order valence-corrected chi connectivity index (χ3v) is 4.98. The van der Waals surface area contributed by atoms with E-state index in [0.29, 0.717) is 5.76 Å². The lowest BCUT2D eigenvalue weighted by Crippen LogP contribution is -2.37. The summed E-state index contributed by atoms with van der Waals surface area (Å²) in [5, 5.41) is 4.89. The fourth-order valence-corrected chi connectivity index (χ4v) is 3.41. The van der Waals surface area contributed by atoms with Crippen molar-refractivity contribution < 1.29 is 9.53 Å². The van der Waals surface area contributed by atoms with Gasteiger partial charge in [-0.3, -0.25) is 0 Å². The van der Waals surface area contributed by atoms with Crippen LogP contribution in [0.3, 0.4) is 0 Å². The highest BCUT2D eigenvalue weighted by molar-refractivity contribution is 5.96. The zero-order valence-electron chi connectivity index (χ0n) is 14.9. The predicted molar refractivity (Wildman–Crippen MR) is 109 cm³/mol. The van der Waals surface area contributed by atoms with Crippen LogP contribution in [0.1, 0.15) is 25.0 Å². The minimum Gasteiger partial charge on any atom is -0.426 e. The summed E-state index contributed by atoms with van der Waals surface area (Å²) in [6.45, 7) is 3.83. The number of nitrogens with two attached hydrogens (primary N) is 1. The number of hydrogen-bond donors (Lipinski definition) is 1. The van der Waals surface area contributed by atoms with E-state index in [-0.39, 0.29) is 24.3 Å². The molecule has 0 aliphatic heterocycles. The molecule has 4 rings (SSSR count). The van der Waals surface area contributed by atoms with Gasteiger partial charge in [0, 0.05) is 0 Å². The standard InChI is InChI=1S/C22H21NO2.ClH/c1-13(2)21(23)22(24)25-16-8-11-18-15(12-16)7-10-19-17-5-3-4-14(17)6-9-20(18)19;/h3-10,12-13,21H,11,23H2,1-2H3;1H/t21-;/m0./s1. The Bertz CT molecular complexity index is 1060. The summed E-state index contributed by atoms with van der Waals surface area (Å²) in [5.41, 5.74) is 8.43. The molecule has 4 heteroatoms. The fraction of sp³-hybridized carbons (Fsp3) is 0.227. The number of allylic oxidation sites excluding steroid dienone is 3. The van der Waals surface area contributed by atoms with Gasteiger partial charge in [0.2, 0.25) is 0 Å². The number of benzene rings is 2. The summed E-state index contributed by atoms with van der Waals surface area (Å²) in [6.07, 6.45) is 11.0. The molecular formula is C22H22ClNO2. The van der Waals surface area contributed by atoms with Crippen LogP contribution in [0.4, 0.5) is 0 Å². The van der Waals surface area contributed by atoms with Crippen molar-refractivity contribution in [3.63, 3.8) is 0 Å². The molecule has 0 radical (unpaired) electrons. The summed E-state index contributed by atoms with van der Waals surface area (Å²) in [6, 6.07) is 8.01. The lowest BCUT2D eigenvalue weighted by molar-refractivity contribution is -0.141. The van der Waals surface area contributed by atoms with Gasteiger partial charge in [-0.2, -0.15) is 0 Å². The number of rotatable bonds is 3. The molecule has 2 aliphatic rings. The van der Waals surface area contributed by atoms with E-state index in [4.69, 9.17) is 10.5 Å². The van der Waals surface area contributed by atoms with Crippen molar-refractivity contribution in [2.75, 3.05) is 0 Å². The smallest absolute Gasteiger partial charge is 0.328 e. The van der Waals surface area contributed by atoms with E-state index < -0.39 is 6.04 Å². The lowest BCUT2D eigenvalue weighted by atomic mass is 9.93. The van der Waals surface area contributed by atoms with E-state index in [1.165, 1.54) is 27.1 Å². The Kier molecular flexibility index (Phi) is 5.03. The van der Waals surface area contributed by atoms with E-state index >= 15 is 0 Å². The van der Waals surface area contributed by atoms with Crippen LogP contribution in [0.5, 0.6) is 0 Å². The Labute approximate surface area is 158 Å². The summed E-state index contributed by atoms with van der Waals surface area (Å²) in [5.74, 6) is 0.266. The van der Waals surface area contributed by atoms with Gasteiger partial charge in [0.25, 0.3) is 0 Å². The first kappa shape index (κ1) is 18.4. The molecule has 0 unspecified atom stereocenters. The highest BCUT2D eigenvalue weighted by Crippen LogP contribution is 2.23. The van der Waals surface area contributed by atoms with Gasteiger partial charge in [-0.05, 0) is 56.8 Å². The van der Waals surface area contributed by atoms with Crippen LogP contribution in [-0.4, -0.2) is 12.0 Å². The maximum absolute atomic E-state index is 12.1. The van der Waals surface area contributed by atoms with Gasteiger partial charge in [0.05, 0.1) is 0 Å². The molecule has 2 N–H and O–H groups in total. The summed E-state index contributed by atoms with van der Waals surface area (Å²) in [7, 11) is 0. The maximum atomic E-state index is 12.1. The van der Waals surface area contributed by atoms with Crippen molar-refractivity contribution >= 4 is 47.4 Å². The SMILES string of the molecule is CC(C)[C@H](N)C(=O)OC1=CCc2c(ccc3c4c(ccc23)=CC=C4)=C1.Cl. The Morgan fingerprint density at radius 2 is 1.85 bits per heavy atom.